The van der Waals surface area contributed by atoms with E-state index < -0.39 is 0 Å². The van der Waals surface area contributed by atoms with Gasteiger partial charge in [-0.15, -0.1) is 23.5 Å². The summed E-state index contributed by atoms with van der Waals surface area (Å²) in [5, 5.41) is 4.97. The zero-order valence-corrected chi connectivity index (χ0v) is 16.1. The maximum Gasteiger partial charge on any atom is 0.258 e. The number of rotatable bonds is 5. The fourth-order valence-electron chi connectivity index (χ4n) is 1.82. The van der Waals surface area contributed by atoms with Crippen molar-refractivity contribution < 1.29 is 4.79 Å². The molecule has 0 spiro atoms. The van der Waals surface area contributed by atoms with E-state index in [9.17, 15) is 4.79 Å². The highest BCUT2D eigenvalue weighted by Gasteiger charge is 2.24. The van der Waals surface area contributed by atoms with Crippen molar-refractivity contribution in [2.24, 2.45) is 7.05 Å². The van der Waals surface area contributed by atoms with Crippen molar-refractivity contribution in [1.29, 1.82) is 0 Å². The van der Waals surface area contributed by atoms with Gasteiger partial charge in [-0.05, 0) is 40.0 Å². The number of carbonyl (C=O) groups excluding carboxylic acids is 1. The Morgan fingerprint density at radius 2 is 2.19 bits per heavy atom. The fourth-order valence-corrected chi connectivity index (χ4v) is 4.56. The number of aryl methyl sites for hydroxylation is 1. The largest absolute Gasteiger partial charge is 0.336 e. The van der Waals surface area contributed by atoms with Crippen LogP contribution in [0.4, 0.5) is 0 Å². The molecule has 21 heavy (non-hydrogen) atoms. The molecular formula is C12H15BrN4OS3. The van der Waals surface area contributed by atoms with Gasteiger partial charge in [-0.3, -0.25) is 9.48 Å². The summed E-state index contributed by atoms with van der Waals surface area (Å²) >= 11 is 7.90. The number of nitrogens with zero attached hydrogens (tertiary/aromatic N) is 4. The average molecular weight is 407 g/mol. The van der Waals surface area contributed by atoms with Gasteiger partial charge in [0.2, 0.25) is 0 Å². The molecule has 0 N–H and O–H groups in total. The summed E-state index contributed by atoms with van der Waals surface area (Å²) in [6.45, 7) is 0.493. The molecule has 5 nitrogen and oxygen atoms in total. The second-order valence-electron chi connectivity index (χ2n) is 4.28. The topological polar surface area (TPSA) is 51.0 Å². The molecule has 114 valence electrons. The van der Waals surface area contributed by atoms with Gasteiger partial charge in [-0.25, -0.2) is 0 Å². The van der Waals surface area contributed by atoms with Crippen molar-refractivity contribution >= 4 is 56.9 Å². The first-order valence-electron chi connectivity index (χ1n) is 5.99. The highest BCUT2D eigenvalue weighted by atomic mass is 79.9. The van der Waals surface area contributed by atoms with Crippen molar-refractivity contribution in [2.45, 2.75) is 15.8 Å². The third-order valence-corrected chi connectivity index (χ3v) is 6.37. The third-order valence-electron chi connectivity index (χ3n) is 2.97. The molecule has 9 heteroatoms. The molecule has 1 amide bonds. The molecule has 0 unspecified atom stereocenters. The van der Waals surface area contributed by atoms with E-state index in [0.29, 0.717) is 12.1 Å². The maximum atomic E-state index is 12.7. The minimum absolute atomic E-state index is 0.00875. The predicted octanol–water partition coefficient (Wildman–Crippen LogP) is 3.36. The second-order valence-corrected chi connectivity index (χ2v) is 7.78. The van der Waals surface area contributed by atoms with Crippen molar-refractivity contribution in [3.05, 3.63) is 21.9 Å². The molecule has 2 heterocycles. The molecular weight excluding hydrogens is 392 g/mol. The van der Waals surface area contributed by atoms with E-state index in [1.165, 1.54) is 23.3 Å². The predicted molar refractivity (Wildman–Crippen MR) is 92.4 cm³/mol. The van der Waals surface area contributed by atoms with Crippen LogP contribution in [-0.2, 0) is 13.6 Å². The van der Waals surface area contributed by atoms with Gasteiger partial charge in [0.25, 0.3) is 5.91 Å². The quantitative estimate of drug-likeness (QED) is 0.712. The summed E-state index contributed by atoms with van der Waals surface area (Å²) in [6.07, 6.45) is 5.64. The van der Waals surface area contributed by atoms with Gasteiger partial charge < -0.3 is 4.90 Å². The molecule has 0 aliphatic rings. The SMILES string of the molecule is CSc1nsc(SC)c1C(=O)N(C)Cc1c(Br)cnn1C. The van der Waals surface area contributed by atoms with Crippen LogP contribution in [0.15, 0.2) is 19.9 Å². The van der Waals surface area contributed by atoms with Gasteiger partial charge in [-0.2, -0.15) is 9.47 Å². The van der Waals surface area contributed by atoms with Crippen LogP contribution in [-0.4, -0.2) is 44.5 Å². The lowest BCUT2D eigenvalue weighted by molar-refractivity contribution is 0.0775. The Kier molecular flexibility index (Phi) is 5.75. The normalized spacial score (nSPS) is 10.9. The van der Waals surface area contributed by atoms with Crippen molar-refractivity contribution in [2.75, 3.05) is 19.6 Å². The second kappa shape index (κ2) is 7.17. The number of carbonyl (C=O) groups is 1. The molecule has 0 fully saturated rings. The zero-order chi connectivity index (χ0) is 15.6. The molecule has 0 aromatic carbocycles. The lowest BCUT2D eigenvalue weighted by Crippen LogP contribution is -2.28. The Morgan fingerprint density at radius 1 is 1.48 bits per heavy atom. The Balaban J connectivity index is 2.26. The average Bonchev–Trinajstić information content (AvgIpc) is 3.03. The smallest absolute Gasteiger partial charge is 0.258 e. The number of hydrogen-bond donors (Lipinski definition) is 0. The Hall–Kier alpha value is -0.510. The summed E-state index contributed by atoms with van der Waals surface area (Å²) in [5.74, 6) is -0.00875. The van der Waals surface area contributed by atoms with Crippen LogP contribution in [0.3, 0.4) is 0 Å². The summed E-state index contributed by atoms with van der Waals surface area (Å²) < 4.78 is 7.98. The van der Waals surface area contributed by atoms with Crippen LogP contribution in [0.2, 0.25) is 0 Å². The lowest BCUT2D eigenvalue weighted by Gasteiger charge is -2.18. The first kappa shape index (κ1) is 16.9. The molecule has 0 bridgehead atoms. The molecule has 2 aromatic heterocycles. The third kappa shape index (κ3) is 3.46. The number of thioether (sulfide) groups is 2. The molecule has 0 atom stereocenters. The Morgan fingerprint density at radius 3 is 2.71 bits per heavy atom. The maximum absolute atomic E-state index is 12.7. The van der Waals surface area contributed by atoms with Crippen LogP contribution in [0.25, 0.3) is 0 Å². The van der Waals surface area contributed by atoms with Gasteiger partial charge in [0.05, 0.1) is 32.7 Å². The van der Waals surface area contributed by atoms with Crippen molar-refractivity contribution in [1.82, 2.24) is 19.1 Å². The fraction of sp³-hybridized carbons (Fsp3) is 0.417. The first-order chi connectivity index (χ1) is 9.99. The van der Waals surface area contributed by atoms with E-state index in [4.69, 9.17) is 0 Å². The van der Waals surface area contributed by atoms with Crippen molar-refractivity contribution in [3.63, 3.8) is 0 Å². The standard InChI is InChI=1S/C12H15BrN4OS3/c1-16(6-8-7(13)5-14-17(8)2)11(18)9-10(19-3)15-21-12(9)20-4/h5H,6H2,1-4H3. The van der Waals surface area contributed by atoms with Crippen LogP contribution < -0.4 is 0 Å². The van der Waals surface area contributed by atoms with Gasteiger partial charge >= 0.3 is 0 Å². The van der Waals surface area contributed by atoms with E-state index in [2.05, 4.69) is 25.4 Å². The van der Waals surface area contributed by atoms with E-state index in [-0.39, 0.29) is 5.91 Å². The number of amides is 1. The number of halogens is 1. The van der Waals surface area contributed by atoms with Crippen LogP contribution in [0, 0.1) is 0 Å². The van der Waals surface area contributed by atoms with E-state index in [1.54, 1.807) is 34.6 Å². The van der Waals surface area contributed by atoms with Crippen LogP contribution in [0.5, 0.6) is 0 Å². The molecule has 0 aliphatic carbocycles. The molecule has 0 saturated heterocycles. The summed E-state index contributed by atoms with van der Waals surface area (Å²) in [4.78, 5) is 14.4. The highest BCUT2D eigenvalue weighted by molar-refractivity contribution is 9.10. The van der Waals surface area contributed by atoms with E-state index >= 15 is 0 Å². The summed E-state index contributed by atoms with van der Waals surface area (Å²) in [7, 11) is 3.67. The lowest BCUT2D eigenvalue weighted by atomic mass is 10.3. The minimum Gasteiger partial charge on any atom is -0.336 e. The van der Waals surface area contributed by atoms with Gasteiger partial charge in [0, 0.05) is 14.1 Å². The first-order valence-corrected chi connectivity index (χ1v) is 10.0. The molecule has 2 rings (SSSR count). The van der Waals surface area contributed by atoms with Crippen LogP contribution in [0.1, 0.15) is 16.1 Å². The van der Waals surface area contributed by atoms with Crippen molar-refractivity contribution in [3.8, 4) is 0 Å². The summed E-state index contributed by atoms with van der Waals surface area (Å²) in [5.41, 5.74) is 1.67. The van der Waals surface area contributed by atoms with Crippen LogP contribution >= 0.6 is 51.0 Å². The van der Waals surface area contributed by atoms with Gasteiger partial charge in [0.15, 0.2) is 0 Å². The molecule has 0 radical (unpaired) electrons. The molecule has 0 saturated carbocycles. The number of hydrogen-bond acceptors (Lipinski definition) is 6. The highest BCUT2D eigenvalue weighted by Crippen LogP contribution is 2.33. The number of aromatic nitrogens is 3. The Bertz CT molecular complexity index is 614. The molecule has 0 aliphatic heterocycles. The minimum atomic E-state index is -0.00875. The van der Waals surface area contributed by atoms with E-state index in [1.807, 2.05) is 19.6 Å². The van der Waals surface area contributed by atoms with Gasteiger partial charge in [0.1, 0.15) is 5.03 Å². The Labute approximate surface area is 144 Å². The zero-order valence-electron chi connectivity index (χ0n) is 12.1. The molecule has 2 aromatic rings. The summed E-state index contributed by atoms with van der Waals surface area (Å²) in [6, 6.07) is 0. The van der Waals surface area contributed by atoms with Gasteiger partial charge in [-0.1, -0.05) is 0 Å². The monoisotopic (exact) mass is 406 g/mol. The van der Waals surface area contributed by atoms with E-state index in [0.717, 1.165) is 19.4 Å².